The maximum absolute atomic E-state index is 12.0. The lowest BCUT2D eigenvalue weighted by molar-refractivity contribution is -0.134. The third kappa shape index (κ3) is 4.01. The molecule has 0 radical (unpaired) electrons. The minimum atomic E-state index is -0.548. The molecule has 18 heavy (non-hydrogen) atoms. The predicted octanol–water partition coefficient (Wildman–Crippen LogP) is 0.670. The van der Waals surface area contributed by atoms with Crippen molar-refractivity contribution in [2.24, 2.45) is 5.73 Å². The number of likely N-dealkylation sites (N-methyl/N-ethyl adjacent to an activating group) is 1. The molecule has 0 saturated carbocycles. The molecule has 1 heterocycles. The van der Waals surface area contributed by atoms with Gasteiger partial charge in [-0.05, 0) is 25.8 Å². The molecule has 0 aliphatic carbocycles. The molecule has 0 aromatic carbocycles. The summed E-state index contributed by atoms with van der Waals surface area (Å²) < 4.78 is 0. The van der Waals surface area contributed by atoms with Gasteiger partial charge in [0.05, 0.1) is 6.04 Å². The number of piperidine rings is 1. The summed E-state index contributed by atoms with van der Waals surface area (Å²) in [4.78, 5) is 16.3. The van der Waals surface area contributed by atoms with Crippen LogP contribution in [-0.2, 0) is 4.79 Å². The smallest absolute Gasteiger partial charge is 0.240 e. The summed E-state index contributed by atoms with van der Waals surface area (Å²) in [6.45, 7) is 5.49. The summed E-state index contributed by atoms with van der Waals surface area (Å²) in [7, 11) is 1.85. The fourth-order valence-corrected chi connectivity index (χ4v) is 2.50. The first-order valence-electron chi connectivity index (χ1n) is 6.78. The number of hydrogen-bond donors (Lipinski definition) is 1. The Labute approximate surface area is 110 Å². The van der Waals surface area contributed by atoms with Crippen molar-refractivity contribution in [1.82, 2.24) is 9.80 Å². The Bertz CT molecular complexity index is 303. The molecule has 1 aliphatic heterocycles. The number of carbonyl (C=O) groups excluding carboxylic acids is 1. The van der Waals surface area contributed by atoms with Crippen LogP contribution in [-0.4, -0.2) is 54.5 Å². The second kappa shape index (κ2) is 7.40. The van der Waals surface area contributed by atoms with Crippen LogP contribution in [0.5, 0.6) is 0 Å². The van der Waals surface area contributed by atoms with E-state index >= 15 is 0 Å². The minimum absolute atomic E-state index is 0.0260. The second-order valence-electron chi connectivity index (χ2n) is 5.04. The van der Waals surface area contributed by atoms with Crippen LogP contribution in [0.25, 0.3) is 0 Å². The highest BCUT2D eigenvalue weighted by Crippen LogP contribution is 2.16. The highest BCUT2D eigenvalue weighted by atomic mass is 16.2. The van der Waals surface area contributed by atoms with Gasteiger partial charge in [0.2, 0.25) is 5.91 Å². The van der Waals surface area contributed by atoms with Crippen LogP contribution in [0.3, 0.4) is 0 Å². The molecular formula is C14H25N3O. The zero-order valence-corrected chi connectivity index (χ0v) is 11.6. The molecule has 0 bridgehead atoms. The molecule has 1 unspecified atom stereocenters. The van der Waals surface area contributed by atoms with Crippen molar-refractivity contribution in [1.29, 1.82) is 0 Å². The van der Waals surface area contributed by atoms with Gasteiger partial charge in [-0.25, -0.2) is 0 Å². The lowest BCUT2D eigenvalue weighted by Gasteiger charge is -2.37. The normalized spacial score (nSPS) is 19.2. The Kier molecular flexibility index (Phi) is 6.17. The van der Waals surface area contributed by atoms with E-state index in [2.05, 4.69) is 17.7 Å². The quantitative estimate of drug-likeness (QED) is 0.731. The van der Waals surface area contributed by atoms with Crippen molar-refractivity contribution in [3.8, 4) is 12.3 Å². The van der Waals surface area contributed by atoms with Crippen molar-refractivity contribution >= 4 is 5.91 Å². The summed E-state index contributed by atoms with van der Waals surface area (Å²) in [5.41, 5.74) is 5.77. The Morgan fingerprint density at radius 1 is 1.56 bits per heavy atom. The Hall–Kier alpha value is -1.05. The molecule has 0 aromatic heterocycles. The summed E-state index contributed by atoms with van der Waals surface area (Å²) in [5, 5.41) is 0. The Balaban J connectivity index is 2.42. The molecule has 102 valence electrons. The molecule has 4 heteroatoms. The third-order valence-corrected chi connectivity index (χ3v) is 3.65. The first-order valence-corrected chi connectivity index (χ1v) is 6.78. The monoisotopic (exact) mass is 251 g/mol. The third-order valence-electron chi connectivity index (χ3n) is 3.65. The maximum Gasteiger partial charge on any atom is 0.240 e. The average Bonchev–Trinajstić information content (AvgIpc) is 2.38. The van der Waals surface area contributed by atoms with Gasteiger partial charge in [-0.3, -0.25) is 4.79 Å². The van der Waals surface area contributed by atoms with Gasteiger partial charge in [0.15, 0.2) is 0 Å². The summed E-state index contributed by atoms with van der Waals surface area (Å²) in [6.07, 6.45) is 8.76. The number of likely N-dealkylation sites (tertiary alicyclic amines) is 1. The van der Waals surface area contributed by atoms with Gasteiger partial charge in [0.25, 0.3) is 0 Å². The van der Waals surface area contributed by atoms with E-state index in [1.54, 1.807) is 4.90 Å². The predicted molar refractivity (Wildman–Crippen MR) is 73.9 cm³/mol. The standard InChI is InChI=1S/C14H25N3O/c1-4-6-13(15)14(18)16(3)12-7-10-17(9-5-2)11-8-12/h1,12-13H,5-11,15H2,2-3H3. The SMILES string of the molecule is C#CCC(N)C(=O)N(C)C1CCN(CCC)CC1. The molecule has 0 spiro atoms. The van der Waals surface area contributed by atoms with Gasteiger partial charge in [-0.15, -0.1) is 12.3 Å². The highest BCUT2D eigenvalue weighted by molar-refractivity contribution is 5.82. The van der Waals surface area contributed by atoms with E-state index < -0.39 is 6.04 Å². The van der Waals surface area contributed by atoms with Crippen LogP contribution in [0.2, 0.25) is 0 Å². The van der Waals surface area contributed by atoms with Crippen molar-refractivity contribution < 1.29 is 4.79 Å². The van der Waals surface area contributed by atoms with Gasteiger partial charge in [-0.2, -0.15) is 0 Å². The molecule has 1 saturated heterocycles. The molecular weight excluding hydrogens is 226 g/mol. The number of hydrogen-bond acceptors (Lipinski definition) is 3. The van der Waals surface area contributed by atoms with E-state index in [0.29, 0.717) is 12.5 Å². The largest absolute Gasteiger partial charge is 0.341 e. The average molecular weight is 251 g/mol. The van der Waals surface area contributed by atoms with Crippen molar-refractivity contribution in [2.45, 2.75) is 44.7 Å². The van der Waals surface area contributed by atoms with Crippen LogP contribution in [0.15, 0.2) is 0 Å². The Morgan fingerprint density at radius 3 is 2.67 bits per heavy atom. The van der Waals surface area contributed by atoms with E-state index in [4.69, 9.17) is 12.2 Å². The van der Waals surface area contributed by atoms with Gasteiger partial charge >= 0.3 is 0 Å². The molecule has 0 aromatic rings. The van der Waals surface area contributed by atoms with Crippen LogP contribution in [0.1, 0.15) is 32.6 Å². The minimum Gasteiger partial charge on any atom is -0.341 e. The van der Waals surface area contributed by atoms with Gasteiger partial charge in [0, 0.05) is 32.6 Å². The van der Waals surface area contributed by atoms with Crippen LogP contribution < -0.4 is 5.73 Å². The zero-order chi connectivity index (χ0) is 13.5. The lowest BCUT2D eigenvalue weighted by Crippen LogP contribution is -2.50. The van der Waals surface area contributed by atoms with Crippen molar-refractivity contribution in [2.75, 3.05) is 26.7 Å². The van der Waals surface area contributed by atoms with Crippen molar-refractivity contribution in [3.05, 3.63) is 0 Å². The van der Waals surface area contributed by atoms with Crippen LogP contribution in [0, 0.1) is 12.3 Å². The second-order valence-corrected chi connectivity index (χ2v) is 5.04. The molecule has 1 rings (SSSR count). The van der Waals surface area contributed by atoms with E-state index in [0.717, 1.165) is 32.5 Å². The molecule has 2 N–H and O–H groups in total. The van der Waals surface area contributed by atoms with Crippen LogP contribution in [0.4, 0.5) is 0 Å². The number of rotatable bonds is 5. The first-order chi connectivity index (χ1) is 8.60. The zero-order valence-electron chi connectivity index (χ0n) is 11.6. The number of amides is 1. The topological polar surface area (TPSA) is 49.6 Å². The number of nitrogens with two attached hydrogens (primary N) is 1. The van der Waals surface area contributed by atoms with E-state index in [1.165, 1.54) is 6.42 Å². The molecule has 1 amide bonds. The van der Waals surface area contributed by atoms with Crippen molar-refractivity contribution in [3.63, 3.8) is 0 Å². The van der Waals surface area contributed by atoms with Gasteiger partial charge < -0.3 is 15.5 Å². The Morgan fingerprint density at radius 2 is 2.17 bits per heavy atom. The fraction of sp³-hybridized carbons (Fsp3) is 0.786. The number of carbonyl (C=O) groups is 1. The molecule has 1 aliphatic rings. The maximum atomic E-state index is 12.0. The summed E-state index contributed by atoms with van der Waals surface area (Å²) >= 11 is 0. The molecule has 4 nitrogen and oxygen atoms in total. The number of terminal acetylenes is 1. The molecule has 1 atom stereocenters. The highest BCUT2D eigenvalue weighted by Gasteiger charge is 2.27. The summed E-state index contributed by atoms with van der Waals surface area (Å²) in [6, 6.07) is -0.233. The van der Waals surface area contributed by atoms with Crippen LogP contribution >= 0.6 is 0 Å². The molecule has 1 fully saturated rings. The number of nitrogens with zero attached hydrogens (tertiary/aromatic N) is 2. The van der Waals surface area contributed by atoms with E-state index in [-0.39, 0.29) is 5.91 Å². The van der Waals surface area contributed by atoms with E-state index in [1.807, 2.05) is 7.05 Å². The summed E-state index contributed by atoms with van der Waals surface area (Å²) in [5.74, 6) is 2.42. The lowest BCUT2D eigenvalue weighted by atomic mass is 10.0. The van der Waals surface area contributed by atoms with Gasteiger partial charge in [-0.1, -0.05) is 6.92 Å². The fourth-order valence-electron chi connectivity index (χ4n) is 2.50. The van der Waals surface area contributed by atoms with E-state index in [9.17, 15) is 4.79 Å². The first kappa shape index (κ1) is 15.0. The van der Waals surface area contributed by atoms with Gasteiger partial charge in [0.1, 0.15) is 0 Å².